The first-order valence-corrected chi connectivity index (χ1v) is 10.1. The third-order valence-corrected chi connectivity index (χ3v) is 5.88. The van der Waals surface area contributed by atoms with Crippen molar-refractivity contribution in [3.63, 3.8) is 0 Å². The highest BCUT2D eigenvalue weighted by atomic mass is 35.5. The largest absolute Gasteiger partial charge is 0.350 e. The number of hydrogen-bond donors (Lipinski definition) is 1. The van der Waals surface area contributed by atoms with Crippen molar-refractivity contribution in [2.75, 3.05) is 10.2 Å². The molecule has 1 heterocycles. The summed E-state index contributed by atoms with van der Waals surface area (Å²) < 4.78 is 13.8. The minimum Gasteiger partial charge on any atom is -0.350 e. The van der Waals surface area contributed by atoms with Crippen molar-refractivity contribution in [3.05, 3.63) is 99.5 Å². The van der Waals surface area contributed by atoms with Crippen LogP contribution >= 0.6 is 11.6 Å². The summed E-state index contributed by atoms with van der Waals surface area (Å²) in [6.45, 7) is 5.74. The molecule has 0 spiro atoms. The van der Waals surface area contributed by atoms with E-state index in [2.05, 4.69) is 5.32 Å². The lowest BCUT2D eigenvalue weighted by Gasteiger charge is -2.16. The summed E-state index contributed by atoms with van der Waals surface area (Å²) in [4.78, 5) is 27.8. The minimum absolute atomic E-state index is 0.128. The molecule has 0 aliphatic carbocycles. The number of aryl methyl sites for hydroxylation is 2. The first-order chi connectivity index (χ1) is 14.8. The first kappa shape index (κ1) is 20.8. The topological polar surface area (TPSA) is 49.4 Å². The van der Waals surface area contributed by atoms with Gasteiger partial charge in [0.15, 0.2) is 0 Å². The van der Waals surface area contributed by atoms with Gasteiger partial charge in [0.25, 0.3) is 11.8 Å². The quantitative estimate of drug-likeness (QED) is 0.528. The summed E-state index contributed by atoms with van der Waals surface area (Å²) in [6, 6.07) is 16.3. The predicted octanol–water partition coefficient (Wildman–Crippen LogP) is 5.80. The Labute approximate surface area is 185 Å². The number of imide groups is 1. The van der Waals surface area contributed by atoms with E-state index in [1.807, 2.05) is 39.0 Å². The average molecular weight is 435 g/mol. The van der Waals surface area contributed by atoms with Crippen LogP contribution in [0.1, 0.15) is 22.3 Å². The summed E-state index contributed by atoms with van der Waals surface area (Å²) >= 11 is 6.24. The van der Waals surface area contributed by atoms with E-state index in [4.69, 9.17) is 11.6 Å². The Bertz CT molecular complexity index is 1270. The predicted molar refractivity (Wildman–Crippen MR) is 122 cm³/mol. The van der Waals surface area contributed by atoms with Crippen LogP contribution in [0.5, 0.6) is 0 Å². The molecule has 3 aromatic rings. The van der Waals surface area contributed by atoms with Crippen molar-refractivity contribution in [3.8, 4) is 0 Å². The molecule has 0 atom stereocenters. The summed E-state index contributed by atoms with van der Waals surface area (Å²) in [5.41, 5.74) is 4.58. The van der Waals surface area contributed by atoms with Gasteiger partial charge in [-0.1, -0.05) is 41.9 Å². The van der Waals surface area contributed by atoms with Crippen LogP contribution in [0.25, 0.3) is 5.57 Å². The second kappa shape index (κ2) is 8.00. The van der Waals surface area contributed by atoms with E-state index < -0.39 is 17.6 Å². The molecule has 1 aliphatic heterocycles. The molecule has 3 aromatic carbocycles. The SMILES string of the molecule is Cc1ccc(C2=C(Nc3cccc(Cl)c3C)C(=O)N(c3cccc(F)c3)C2=O)cc1C. The maximum Gasteiger partial charge on any atom is 0.282 e. The number of amides is 2. The Morgan fingerprint density at radius 2 is 1.61 bits per heavy atom. The number of carbonyl (C=O) groups excluding carboxylic acids is 2. The molecule has 0 unspecified atom stereocenters. The number of carbonyl (C=O) groups is 2. The monoisotopic (exact) mass is 434 g/mol. The Morgan fingerprint density at radius 3 is 2.32 bits per heavy atom. The van der Waals surface area contributed by atoms with E-state index in [1.165, 1.54) is 24.3 Å². The van der Waals surface area contributed by atoms with E-state index in [9.17, 15) is 14.0 Å². The highest BCUT2D eigenvalue weighted by molar-refractivity contribution is 6.46. The van der Waals surface area contributed by atoms with E-state index in [0.29, 0.717) is 16.3 Å². The van der Waals surface area contributed by atoms with Crippen molar-refractivity contribution in [2.24, 2.45) is 0 Å². The lowest BCUT2D eigenvalue weighted by molar-refractivity contribution is -0.120. The van der Waals surface area contributed by atoms with Crippen LogP contribution < -0.4 is 10.2 Å². The first-order valence-electron chi connectivity index (χ1n) is 9.76. The molecule has 0 bridgehead atoms. The molecule has 6 heteroatoms. The van der Waals surface area contributed by atoms with Gasteiger partial charge >= 0.3 is 0 Å². The Kier molecular flexibility index (Phi) is 5.38. The molecule has 31 heavy (non-hydrogen) atoms. The molecule has 0 saturated heterocycles. The van der Waals surface area contributed by atoms with E-state index in [0.717, 1.165) is 21.6 Å². The fourth-order valence-corrected chi connectivity index (χ4v) is 3.71. The molecular weight excluding hydrogens is 415 g/mol. The molecule has 4 rings (SSSR count). The highest BCUT2D eigenvalue weighted by Crippen LogP contribution is 2.35. The smallest absolute Gasteiger partial charge is 0.282 e. The molecular formula is C25H20ClFN2O2. The normalized spacial score (nSPS) is 13.9. The average Bonchev–Trinajstić information content (AvgIpc) is 2.97. The van der Waals surface area contributed by atoms with Crippen molar-refractivity contribution >= 4 is 40.4 Å². The van der Waals surface area contributed by atoms with Crippen LogP contribution in [-0.2, 0) is 9.59 Å². The second-order valence-electron chi connectivity index (χ2n) is 7.51. The molecule has 156 valence electrons. The van der Waals surface area contributed by atoms with Crippen LogP contribution in [0, 0.1) is 26.6 Å². The van der Waals surface area contributed by atoms with Gasteiger partial charge in [0.05, 0.1) is 11.3 Å². The molecule has 0 fully saturated rings. The Hall–Kier alpha value is -3.44. The standard InChI is InChI=1S/C25H20ClFN2O2/c1-14-10-11-17(12-15(14)2)22-23(28-21-9-5-8-20(26)16(21)3)25(31)29(24(22)30)19-7-4-6-18(27)13-19/h4-13,28H,1-3H3. The third kappa shape index (κ3) is 3.73. The van der Waals surface area contributed by atoms with Gasteiger partial charge in [0.2, 0.25) is 0 Å². The van der Waals surface area contributed by atoms with Crippen LogP contribution in [0.2, 0.25) is 5.02 Å². The number of benzene rings is 3. The molecule has 1 N–H and O–H groups in total. The summed E-state index contributed by atoms with van der Waals surface area (Å²) in [5.74, 6) is -1.60. The Morgan fingerprint density at radius 1 is 0.871 bits per heavy atom. The van der Waals surface area contributed by atoms with Crippen molar-refractivity contribution in [2.45, 2.75) is 20.8 Å². The van der Waals surface area contributed by atoms with E-state index in [-0.39, 0.29) is 17.0 Å². The van der Waals surface area contributed by atoms with Crippen LogP contribution in [0.4, 0.5) is 15.8 Å². The second-order valence-corrected chi connectivity index (χ2v) is 7.92. The van der Waals surface area contributed by atoms with Gasteiger partial charge < -0.3 is 5.32 Å². The fraction of sp³-hybridized carbons (Fsp3) is 0.120. The zero-order valence-corrected chi connectivity index (χ0v) is 18.0. The third-order valence-electron chi connectivity index (χ3n) is 5.47. The number of nitrogens with one attached hydrogen (secondary N) is 1. The van der Waals surface area contributed by atoms with E-state index in [1.54, 1.807) is 18.2 Å². The van der Waals surface area contributed by atoms with Gasteiger partial charge in [-0.05, 0) is 73.4 Å². The zero-order chi connectivity index (χ0) is 22.3. The number of hydrogen-bond acceptors (Lipinski definition) is 3. The number of rotatable bonds is 4. The van der Waals surface area contributed by atoms with Crippen LogP contribution in [0.3, 0.4) is 0 Å². The number of halogens is 2. The van der Waals surface area contributed by atoms with Gasteiger partial charge in [0.1, 0.15) is 11.5 Å². The number of nitrogens with zero attached hydrogens (tertiary/aromatic N) is 1. The van der Waals surface area contributed by atoms with Gasteiger partial charge in [-0.15, -0.1) is 0 Å². The number of anilines is 2. The fourth-order valence-electron chi connectivity index (χ4n) is 3.54. The highest BCUT2D eigenvalue weighted by Gasteiger charge is 2.40. The van der Waals surface area contributed by atoms with Crippen molar-refractivity contribution in [1.29, 1.82) is 0 Å². The van der Waals surface area contributed by atoms with Gasteiger partial charge in [-0.3, -0.25) is 9.59 Å². The summed E-state index contributed by atoms with van der Waals surface area (Å²) in [6.07, 6.45) is 0. The molecule has 4 nitrogen and oxygen atoms in total. The molecule has 2 amide bonds. The van der Waals surface area contributed by atoms with E-state index >= 15 is 0 Å². The molecule has 0 aromatic heterocycles. The summed E-state index contributed by atoms with van der Waals surface area (Å²) in [5, 5.41) is 3.66. The van der Waals surface area contributed by atoms with Crippen LogP contribution in [-0.4, -0.2) is 11.8 Å². The van der Waals surface area contributed by atoms with Gasteiger partial charge in [-0.25, -0.2) is 9.29 Å². The maximum absolute atomic E-state index is 13.8. The van der Waals surface area contributed by atoms with Gasteiger partial charge in [0, 0.05) is 10.7 Å². The molecule has 0 radical (unpaired) electrons. The van der Waals surface area contributed by atoms with Crippen LogP contribution in [0.15, 0.2) is 66.4 Å². The Balaban J connectivity index is 1.88. The van der Waals surface area contributed by atoms with Crippen molar-refractivity contribution < 1.29 is 14.0 Å². The maximum atomic E-state index is 13.8. The lowest BCUT2D eigenvalue weighted by atomic mass is 9.99. The van der Waals surface area contributed by atoms with Crippen molar-refractivity contribution in [1.82, 2.24) is 0 Å². The zero-order valence-electron chi connectivity index (χ0n) is 17.3. The van der Waals surface area contributed by atoms with Gasteiger partial charge in [-0.2, -0.15) is 0 Å². The summed E-state index contributed by atoms with van der Waals surface area (Å²) in [7, 11) is 0. The minimum atomic E-state index is -0.553. The lowest BCUT2D eigenvalue weighted by Crippen LogP contribution is -2.32. The molecule has 0 saturated carbocycles. The molecule has 1 aliphatic rings.